The average molecular weight is 313 g/mol. The van der Waals surface area contributed by atoms with E-state index < -0.39 is 0 Å². The highest BCUT2D eigenvalue weighted by molar-refractivity contribution is 7.98. The summed E-state index contributed by atoms with van der Waals surface area (Å²) in [6, 6.07) is 3.40. The third-order valence-electron chi connectivity index (χ3n) is 2.63. The molecule has 0 aliphatic rings. The molecule has 5 nitrogen and oxygen atoms in total. The summed E-state index contributed by atoms with van der Waals surface area (Å²) < 4.78 is 3.89. The van der Waals surface area contributed by atoms with Crippen LogP contribution in [0.25, 0.3) is 5.65 Å². The van der Waals surface area contributed by atoms with Gasteiger partial charge in [-0.2, -0.15) is 9.61 Å². The summed E-state index contributed by atoms with van der Waals surface area (Å²) in [4.78, 5) is 16.8. The van der Waals surface area contributed by atoms with Crippen LogP contribution in [0.3, 0.4) is 0 Å². The minimum atomic E-state index is -0.131. The summed E-state index contributed by atoms with van der Waals surface area (Å²) >= 11 is 8.76. The Labute approximate surface area is 121 Å². The van der Waals surface area contributed by atoms with Crippen molar-refractivity contribution in [1.82, 2.24) is 19.2 Å². The molecule has 3 aromatic rings. The van der Waals surface area contributed by atoms with Crippen LogP contribution in [0.1, 0.15) is 4.88 Å². The van der Waals surface area contributed by atoms with E-state index in [0.717, 1.165) is 15.6 Å². The van der Waals surface area contributed by atoms with E-state index in [1.165, 1.54) is 33.7 Å². The van der Waals surface area contributed by atoms with Crippen LogP contribution in [0.2, 0.25) is 4.47 Å². The Balaban J connectivity index is 2.10. The maximum Gasteiger partial charge on any atom is 0.274 e. The van der Waals surface area contributed by atoms with Crippen LogP contribution >= 0.6 is 34.7 Å². The molecule has 0 aliphatic carbocycles. The Morgan fingerprint density at radius 3 is 3.05 bits per heavy atom. The van der Waals surface area contributed by atoms with Gasteiger partial charge in [0.2, 0.25) is 0 Å². The molecule has 0 saturated carbocycles. The average Bonchev–Trinajstić information content (AvgIpc) is 3.00. The third-order valence-corrected chi connectivity index (χ3v) is 4.35. The van der Waals surface area contributed by atoms with Gasteiger partial charge in [0, 0.05) is 29.4 Å². The lowest BCUT2D eigenvalue weighted by atomic mass is 10.5. The first kappa shape index (κ1) is 12.7. The summed E-state index contributed by atoms with van der Waals surface area (Å²) in [7, 11) is 0. The van der Waals surface area contributed by atoms with Crippen LogP contribution in [0, 0.1) is 0 Å². The zero-order chi connectivity index (χ0) is 13.4. The molecule has 0 aliphatic heterocycles. The van der Waals surface area contributed by atoms with Crippen LogP contribution in [-0.2, 0) is 6.54 Å². The molecule has 0 fully saturated rings. The van der Waals surface area contributed by atoms with Crippen LogP contribution in [0.5, 0.6) is 0 Å². The molecular formula is C11H9ClN4OS2. The molecule has 0 unspecified atom stereocenters. The van der Waals surface area contributed by atoms with Gasteiger partial charge in [-0.3, -0.25) is 4.79 Å². The van der Waals surface area contributed by atoms with E-state index in [-0.39, 0.29) is 5.56 Å². The van der Waals surface area contributed by atoms with Gasteiger partial charge >= 0.3 is 0 Å². The number of nitrogens with zero attached hydrogens (tertiary/aromatic N) is 4. The minimum Gasteiger partial charge on any atom is -0.327 e. The summed E-state index contributed by atoms with van der Waals surface area (Å²) in [5, 5.41) is 5.07. The van der Waals surface area contributed by atoms with Crippen LogP contribution in [0.4, 0.5) is 0 Å². The summed E-state index contributed by atoms with van der Waals surface area (Å²) in [6.45, 7) is 0.619. The molecule has 0 radical (unpaired) electrons. The van der Waals surface area contributed by atoms with Crippen molar-refractivity contribution in [3.8, 4) is 0 Å². The molecule has 98 valence electrons. The van der Waals surface area contributed by atoms with E-state index in [2.05, 4.69) is 10.1 Å². The van der Waals surface area contributed by atoms with Crippen molar-refractivity contribution in [2.75, 3.05) is 6.26 Å². The van der Waals surface area contributed by atoms with Gasteiger partial charge in [0.05, 0.1) is 6.54 Å². The number of rotatable bonds is 3. The topological polar surface area (TPSA) is 52.2 Å². The van der Waals surface area contributed by atoms with Crippen molar-refractivity contribution in [3.63, 3.8) is 0 Å². The van der Waals surface area contributed by atoms with Gasteiger partial charge < -0.3 is 4.57 Å². The lowest BCUT2D eigenvalue weighted by molar-refractivity contribution is 0.762. The zero-order valence-corrected chi connectivity index (χ0v) is 12.3. The molecule has 0 amide bonds. The van der Waals surface area contributed by atoms with Crippen molar-refractivity contribution >= 4 is 40.3 Å². The van der Waals surface area contributed by atoms with Gasteiger partial charge in [-0.15, -0.1) is 23.1 Å². The van der Waals surface area contributed by atoms with E-state index in [1.54, 1.807) is 12.4 Å². The van der Waals surface area contributed by atoms with E-state index >= 15 is 0 Å². The Morgan fingerprint density at radius 1 is 1.53 bits per heavy atom. The third kappa shape index (κ3) is 2.41. The van der Waals surface area contributed by atoms with Crippen LogP contribution in [0.15, 0.2) is 34.3 Å². The zero-order valence-electron chi connectivity index (χ0n) is 9.91. The fourth-order valence-corrected chi connectivity index (χ4v) is 3.14. The predicted octanol–water partition coefficient (Wildman–Crippen LogP) is 2.38. The van der Waals surface area contributed by atoms with Crippen molar-refractivity contribution < 1.29 is 0 Å². The first-order valence-electron chi connectivity index (χ1n) is 5.41. The molecule has 0 spiro atoms. The monoisotopic (exact) mass is 312 g/mol. The summed E-state index contributed by atoms with van der Waals surface area (Å²) in [6.07, 6.45) is 5.43. The molecule has 0 bridgehead atoms. The normalized spacial score (nSPS) is 11.3. The number of thioether (sulfide) groups is 1. The van der Waals surface area contributed by atoms with E-state index in [0.29, 0.717) is 11.0 Å². The number of halogens is 1. The van der Waals surface area contributed by atoms with Gasteiger partial charge in [0.1, 0.15) is 10.7 Å². The standard InChI is InChI=1S/C11H9ClN4OS2/c1-18-8-4-9-15(3-2-10(17)16(9)14-8)6-7-5-13-11(12)19-7/h2-5H,6H2,1H3. The highest BCUT2D eigenvalue weighted by atomic mass is 35.5. The molecule has 0 aromatic carbocycles. The Bertz CT molecular complexity index is 791. The van der Waals surface area contributed by atoms with Crippen molar-refractivity contribution in [2.24, 2.45) is 0 Å². The van der Waals surface area contributed by atoms with Gasteiger partial charge in [-0.1, -0.05) is 11.6 Å². The first-order valence-corrected chi connectivity index (χ1v) is 7.83. The van der Waals surface area contributed by atoms with Crippen LogP contribution < -0.4 is 5.56 Å². The van der Waals surface area contributed by atoms with Crippen LogP contribution in [-0.4, -0.2) is 25.4 Å². The van der Waals surface area contributed by atoms with Crippen molar-refractivity contribution in [1.29, 1.82) is 0 Å². The molecular weight excluding hydrogens is 304 g/mol. The van der Waals surface area contributed by atoms with E-state index in [1.807, 2.05) is 16.9 Å². The molecule has 0 N–H and O–H groups in total. The molecule has 3 rings (SSSR count). The van der Waals surface area contributed by atoms with Gasteiger partial charge in [0.25, 0.3) is 5.56 Å². The first-order chi connectivity index (χ1) is 9.17. The fourth-order valence-electron chi connectivity index (χ4n) is 1.78. The maximum absolute atomic E-state index is 11.8. The molecule has 19 heavy (non-hydrogen) atoms. The number of aromatic nitrogens is 4. The van der Waals surface area contributed by atoms with Gasteiger partial charge in [-0.05, 0) is 6.26 Å². The lowest BCUT2D eigenvalue weighted by Crippen LogP contribution is -2.17. The fraction of sp³-hybridized carbons (Fsp3) is 0.182. The number of hydrogen-bond acceptors (Lipinski definition) is 5. The number of thiazole rings is 1. The largest absolute Gasteiger partial charge is 0.327 e. The minimum absolute atomic E-state index is 0.131. The van der Waals surface area contributed by atoms with Gasteiger partial charge in [0.15, 0.2) is 4.47 Å². The van der Waals surface area contributed by atoms with Crippen molar-refractivity contribution in [3.05, 3.63) is 44.2 Å². The molecule has 8 heteroatoms. The molecule has 0 atom stereocenters. The van der Waals surface area contributed by atoms with Gasteiger partial charge in [-0.25, -0.2) is 4.98 Å². The summed E-state index contributed by atoms with van der Waals surface area (Å²) in [5.74, 6) is 0. The molecule has 0 saturated heterocycles. The molecule has 3 aromatic heterocycles. The SMILES string of the molecule is CSc1cc2n(Cc3cnc(Cl)s3)ccc(=O)n2n1. The second kappa shape index (κ2) is 4.99. The second-order valence-electron chi connectivity index (χ2n) is 3.82. The highest BCUT2D eigenvalue weighted by Gasteiger charge is 2.08. The highest BCUT2D eigenvalue weighted by Crippen LogP contribution is 2.20. The molecule has 3 heterocycles. The van der Waals surface area contributed by atoms with E-state index in [4.69, 9.17) is 11.6 Å². The Kier molecular flexibility index (Phi) is 3.34. The van der Waals surface area contributed by atoms with E-state index in [9.17, 15) is 4.79 Å². The Hall–Kier alpha value is -1.31. The lowest BCUT2D eigenvalue weighted by Gasteiger charge is -2.05. The number of fused-ring (bicyclic) bond motifs is 1. The van der Waals surface area contributed by atoms with Crippen molar-refractivity contribution in [2.45, 2.75) is 11.6 Å². The summed E-state index contributed by atoms with van der Waals surface area (Å²) in [5.41, 5.74) is 0.634. The number of hydrogen-bond donors (Lipinski definition) is 0. The Morgan fingerprint density at radius 2 is 2.37 bits per heavy atom. The maximum atomic E-state index is 11.8. The predicted molar refractivity (Wildman–Crippen MR) is 77.5 cm³/mol. The quantitative estimate of drug-likeness (QED) is 0.697. The smallest absolute Gasteiger partial charge is 0.274 e. The second-order valence-corrected chi connectivity index (χ2v) is 6.34.